The third-order valence-corrected chi connectivity index (χ3v) is 2.19. The predicted octanol–water partition coefficient (Wildman–Crippen LogP) is -0.686. The number of thioether (sulfide) groups is 1. The fourth-order valence-corrected chi connectivity index (χ4v) is 1.44. The smallest absolute Gasteiger partial charge is 0.230 e. The third-order valence-electron chi connectivity index (χ3n) is 1.34. The summed E-state index contributed by atoms with van der Waals surface area (Å²) in [6, 6.07) is 0. The zero-order chi connectivity index (χ0) is 10.4. The lowest BCUT2D eigenvalue weighted by molar-refractivity contribution is -0.118. The van der Waals surface area contributed by atoms with Crippen LogP contribution in [0.15, 0.2) is 5.16 Å². The van der Waals surface area contributed by atoms with Gasteiger partial charge in [0.2, 0.25) is 11.1 Å². The molecule has 3 N–H and O–H groups in total. The van der Waals surface area contributed by atoms with Gasteiger partial charge in [0.1, 0.15) is 5.82 Å². The largest absolute Gasteiger partial charge is 0.395 e. The second-order valence-corrected chi connectivity index (χ2v) is 3.51. The quantitative estimate of drug-likeness (QED) is 0.567. The SMILES string of the molecule is Cc1nc(SCC(=O)NCCO)n[nH]1. The number of H-pyrrole nitrogens is 1. The van der Waals surface area contributed by atoms with E-state index in [-0.39, 0.29) is 24.8 Å². The van der Waals surface area contributed by atoms with Crippen LogP contribution < -0.4 is 5.32 Å². The molecule has 1 aromatic heterocycles. The minimum absolute atomic E-state index is 0.0455. The van der Waals surface area contributed by atoms with E-state index in [2.05, 4.69) is 20.5 Å². The van der Waals surface area contributed by atoms with Gasteiger partial charge in [0.25, 0.3) is 0 Å². The first kappa shape index (κ1) is 11.0. The van der Waals surface area contributed by atoms with Crippen LogP contribution in [0.4, 0.5) is 0 Å². The highest BCUT2D eigenvalue weighted by atomic mass is 32.2. The van der Waals surface area contributed by atoms with Crippen LogP contribution in [-0.4, -0.2) is 45.1 Å². The highest BCUT2D eigenvalue weighted by Gasteiger charge is 2.04. The molecular weight excluding hydrogens is 204 g/mol. The van der Waals surface area contributed by atoms with E-state index < -0.39 is 0 Å². The average Bonchev–Trinajstić information content (AvgIpc) is 2.58. The Hall–Kier alpha value is -1.08. The zero-order valence-corrected chi connectivity index (χ0v) is 8.60. The molecule has 14 heavy (non-hydrogen) atoms. The number of amides is 1. The highest BCUT2D eigenvalue weighted by molar-refractivity contribution is 7.99. The van der Waals surface area contributed by atoms with E-state index in [4.69, 9.17) is 5.11 Å². The Balaban J connectivity index is 2.23. The Kier molecular flexibility index (Phi) is 4.41. The maximum absolute atomic E-state index is 11.1. The molecule has 0 spiro atoms. The highest BCUT2D eigenvalue weighted by Crippen LogP contribution is 2.10. The first-order chi connectivity index (χ1) is 6.72. The minimum Gasteiger partial charge on any atom is -0.395 e. The number of rotatable bonds is 5. The Morgan fingerprint density at radius 2 is 2.50 bits per heavy atom. The van der Waals surface area contributed by atoms with Crippen molar-refractivity contribution in [3.05, 3.63) is 5.82 Å². The Bertz CT molecular complexity index is 302. The molecule has 0 fully saturated rings. The number of hydrogen-bond acceptors (Lipinski definition) is 5. The van der Waals surface area contributed by atoms with Crippen LogP contribution in [0, 0.1) is 6.92 Å². The van der Waals surface area contributed by atoms with Gasteiger partial charge in [-0.25, -0.2) is 4.98 Å². The average molecular weight is 216 g/mol. The van der Waals surface area contributed by atoms with Crippen molar-refractivity contribution in [1.29, 1.82) is 0 Å². The van der Waals surface area contributed by atoms with E-state index in [1.54, 1.807) is 6.92 Å². The van der Waals surface area contributed by atoms with Crippen molar-refractivity contribution >= 4 is 17.7 Å². The number of carbonyl (C=O) groups is 1. The predicted molar refractivity (Wildman–Crippen MR) is 51.9 cm³/mol. The number of aliphatic hydroxyl groups excluding tert-OH is 1. The first-order valence-corrected chi connectivity index (χ1v) is 5.10. The zero-order valence-electron chi connectivity index (χ0n) is 7.78. The summed E-state index contributed by atoms with van der Waals surface area (Å²) in [4.78, 5) is 15.1. The summed E-state index contributed by atoms with van der Waals surface area (Å²) in [5.74, 6) is 0.854. The Labute approximate surface area is 85.5 Å². The number of aliphatic hydroxyl groups is 1. The van der Waals surface area contributed by atoms with Crippen LogP contribution >= 0.6 is 11.8 Å². The molecule has 1 amide bonds. The van der Waals surface area contributed by atoms with Crippen LogP contribution in [0.25, 0.3) is 0 Å². The maximum atomic E-state index is 11.1. The number of hydrogen-bond donors (Lipinski definition) is 3. The normalized spacial score (nSPS) is 10.1. The second-order valence-electron chi connectivity index (χ2n) is 2.57. The van der Waals surface area contributed by atoms with E-state index in [0.717, 1.165) is 5.82 Å². The molecule has 0 aliphatic rings. The summed E-state index contributed by atoms with van der Waals surface area (Å²) in [5.41, 5.74) is 0. The molecular formula is C7H12N4O2S. The molecule has 0 bridgehead atoms. The molecule has 0 radical (unpaired) electrons. The molecule has 6 nitrogen and oxygen atoms in total. The fourth-order valence-electron chi connectivity index (χ4n) is 0.763. The lowest BCUT2D eigenvalue weighted by Gasteiger charge is -1.99. The summed E-state index contributed by atoms with van der Waals surface area (Å²) in [6.45, 7) is 2.03. The standard InChI is InChI=1S/C7H12N4O2S/c1-5-9-7(11-10-5)14-4-6(13)8-2-3-12/h12H,2-4H2,1H3,(H,8,13)(H,9,10,11). The molecule has 7 heteroatoms. The lowest BCUT2D eigenvalue weighted by atomic mass is 10.6. The van der Waals surface area contributed by atoms with Gasteiger partial charge in [0.15, 0.2) is 0 Å². The van der Waals surface area contributed by atoms with E-state index >= 15 is 0 Å². The number of aromatic amines is 1. The summed E-state index contributed by atoms with van der Waals surface area (Å²) < 4.78 is 0. The maximum Gasteiger partial charge on any atom is 0.230 e. The number of nitrogens with one attached hydrogen (secondary N) is 2. The first-order valence-electron chi connectivity index (χ1n) is 4.11. The molecule has 78 valence electrons. The number of aryl methyl sites for hydroxylation is 1. The molecule has 1 aromatic rings. The summed E-state index contributed by atoms with van der Waals surface area (Å²) in [5, 5.41) is 18.1. The van der Waals surface area contributed by atoms with Crippen molar-refractivity contribution in [2.45, 2.75) is 12.1 Å². The van der Waals surface area contributed by atoms with Crippen molar-refractivity contribution in [3.8, 4) is 0 Å². The molecule has 0 aliphatic heterocycles. The Morgan fingerprint density at radius 1 is 1.71 bits per heavy atom. The topological polar surface area (TPSA) is 90.9 Å². The van der Waals surface area contributed by atoms with Crippen molar-refractivity contribution in [2.24, 2.45) is 0 Å². The van der Waals surface area contributed by atoms with Gasteiger partial charge in [0.05, 0.1) is 12.4 Å². The van der Waals surface area contributed by atoms with Gasteiger partial charge in [-0.1, -0.05) is 11.8 Å². The van der Waals surface area contributed by atoms with Crippen molar-refractivity contribution in [3.63, 3.8) is 0 Å². The van der Waals surface area contributed by atoms with Gasteiger partial charge in [0, 0.05) is 6.54 Å². The van der Waals surface area contributed by atoms with E-state index in [0.29, 0.717) is 5.16 Å². The van der Waals surface area contributed by atoms with Crippen molar-refractivity contribution in [1.82, 2.24) is 20.5 Å². The lowest BCUT2D eigenvalue weighted by Crippen LogP contribution is -2.27. The van der Waals surface area contributed by atoms with E-state index in [1.165, 1.54) is 11.8 Å². The van der Waals surface area contributed by atoms with Gasteiger partial charge in [-0.15, -0.1) is 5.10 Å². The molecule has 0 atom stereocenters. The van der Waals surface area contributed by atoms with Crippen LogP contribution in [0.3, 0.4) is 0 Å². The van der Waals surface area contributed by atoms with Gasteiger partial charge in [-0.2, -0.15) is 0 Å². The summed E-state index contributed by atoms with van der Waals surface area (Å²) in [6.07, 6.45) is 0. The van der Waals surface area contributed by atoms with Gasteiger partial charge >= 0.3 is 0 Å². The molecule has 0 saturated heterocycles. The number of nitrogens with zero attached hydrogens (tertiary/aromatic N) is 2. The van der Waals surface area contributed by atoms with E-state index in [9.17, 15) is 4.79 Å². The number of aromatic nitrogens is 3. The molecule has 0 unspecified atom stereocenters. The van der Waals surface area contributed by atoms with Crippen LogP contribution in [0.5, 0.6) is 0 Å². The van der Waals surface area contributed by atoms with E-state index in [1.807, 2.05) is 0 Å². The number of carbonyl (C=O) groups excluding carboxylic acids is 1. The second kappa shape index (κ2) is 5.61. The monoisotopic (exact) mass is 216 g/mol. The minimum atomic E-state index is -0.133. The molecule has 1 heterocycles. The molecule has 1 rings (SSSR count). The van der Waals surface area contributed by atoms with Gasteiger partial charge in [-0.3, -0.25) is 9.89 Å². The summed E-state index contributed by atoms with van der Waals surface area (Å²) >= 11 is 1.25. The van der Waals surface area contributed by atoms with Crippen LogP contribution in [-0.2, 0) is 4.79 Å². The van der Waals surface area contributed by atoms with Crippen molar-refractivity contribution in [2.75, 3.05) is 18.9 Å². The van der Waals surface area contributed by atoms with Gasteiger partial charge < -0.3 is 10.4 Å². The van der Waals surface area contributed by atoms with Crippen molar-refractivity contribution < 1.29 is 9.90 Å². The third kappa shape index (κ3) is 3.75. The Morgan fingerprint density at radius 3 is 3.07 bits per heavy atom. The molecule has 0 aromatic carbocycles. The van der Waals surface area contributed by atoms with Crippen LogP contribution in [0.2, 0.25) is 0 Å². The fraction of sp³-hybridized carbons (Fsp3) is 0.571. The molecule has 0 aliphatic carbocycles. The van der Waals surface area contributed by atoms with Crippen LogP contribution in [0.1, 0.15) is 5.82 Å². The molecule has 0 saturated carbocycles. The summed E-state index contributed by atoms with van der Waals surface area (Å²) in [7, 11) is 0. The van der Waals surface area contributed by atoms with Gasteiger partial charge in [-0.05, 0) is 6.92 Å².